The van der Waals surface area contributed by atoms with E-state index in [1.807, 2.05) is 55.6 Å². The fourth-order valence-electron chi connectivity index (χ4n) is 3.74. The normalized spacial score (nSPS) is 14.3. The zero-order valence-corrected chi connectivity index (χ0v) is 20.0. The second-order valence-electron chi connectivity index (χ2n) is 7.88. The van der Waals surface area contributed by atoms with Gasteiger partial charge in [0.05, 0.1) is 29.0 Å². The van der Waals surface area contributed by atoms with Crippen LogP contribution in [0.3, 0.4) is 0 Å². The maximum atomic E-state index is 11.7. The highest BCUT2D eigenvalue weighted by atomic mass is 32.2. The number of ether oxygens (including phenoxy) is 1. The number of hydrogen-bond acceptors (Lipinski definition) is 6. The number of benzene rings is 3. The molecular formula is C26H24N2O3S2. The number of aryl methyl sites for hydroxylation is 1. The van der Waals surface area contributed by atoms with Gasteiger partial charge < -0.3 is 10.1 Å². The van der Waals surface area contributed by atoms with Crippen molar-refractivity contribution in [1.29, 1.82) is 5.26 Å². The summed E-state index contributed by atoms with van der Waals surface area (Å²) in [5.41, 5.74) is 5.48. The quantitative estimate of drug-likeness (QED) is 0.497. The smallest absolute Gasteiger partial charge is 0.175 e. The lowest BCUT2D eigenvalue weighted by Crippen LogP contribution is -2.07. The zero-order valence-electron chi connectivity index (χ0n) is 18.4. The van der Waals surface area contributed by atoms with Crippen molar-refractivity contribution in [1.82, 2.24) is 5.32 Å². The first-order chi connectivity index (χ1) is 15.9. The number of rotatable bonds is 7. The van der Waals surface area contributed by atoms with Crippen LogP contribution in [-0.2, 0) is 21.2 Å². The molecule has 1 heterocycles. The molecule has 4 rings (SSSR count). The molecule has 0 aliphatic carbocycles. The van der Waals surface area contributed by atoms with E-state index in [-0.39, 0.29) is 11.0 Å². The van der Waals surface area contributed by atoms with Crippen molar-refractivity contribution in [2.45, 2.75) is 24.5 Å². The van der Waals surface area contributed by atoms with Crippen molar-refractivity contribution in [2.75, 3.05) is 12.1 Å². The van der Waals surface area contributed by atoms with Crippen LogP contribution < -0.4 is 5.32 Å². The Morgan fingerprint density at radius 3 is 2.48 bits per heavy atom. The van der Waals surface area contributed by atoms with Crippen molar-refractivity contribution < 1.29 is 13.2 Å². The van der Waals surface area contributed by atoms with Crippen LogP contribution in [0.1, 0.15) is 28.4 Å². The minimum absolute atomic E-state index is 0.288. The average Bonchev–Trinajstić information content (AvgIpc) is 3.34. The van der Waals surface area contributed by atoms with E-state index in [2.05, 4.69) is 11.4 Å². The van der Waals surface area contributed by atoms with Gasteiger partial charge in [-0.2, -0.15) is 5.26 Å². The molecule has 1 aliphatic heterocycles. The highest BCUT2D eigenvalue weighted by molar-refractivity contribution is 8.03. The molecule has 0 spiro atoms. The van der Waals surface area contributed by atoms with Crippen LogP contribution in [0.2, 0.25) is 0 Å². The topological polar surface area (TPSA) is 79.2 Å². The number of nitrogens with one attached hydrogen (secondary N) is 1. The molecule has 0 aromatic heterocycles. The van der Waals surface area contributed by atoms with Gasteiger partial charge in [0.25, 0.3) is 0 Å². The fourth-order valence-corrected chi connectivity index (χ4v) is 5.22. The van der Waals surface area contributed by atoms with Crippen molar-refractivity contribution in [2.24, 2.45) is 0 Å². The van der Waals surface area contributed by atoms with Gasteiger partial charge in [0.2, 0.25) is 0 Å². The summed E-state index contributed by atoms with van der Waals surface area (Å²) in [4.78, 5) is 1.35. The average molecular weight is 477 g/mol. The number of nitriles is 1. The van der Waals surface area contributed by atoms with Crippen LogP contribution in [0.4, 0.5) is 0 Å². The summed E-state index contributed by atoms with van der Waals surface area (Å²) in [7, 11) is -3.24. The molecule has 7 heteroatoms. The standard InChI is InChI=1S/C26H24N2O3S2/c1-18-5-3-4-6-23(18)24-13-20(9-10-21(24)14-27)26(25-15-28-17-32-25)31-16-19-7-11-22(12-8-19)33(2,29)30/h3-13,15,26,28H,16-17H2,1-2H3. The van der Waals surface area contributed by atoms with E-state index in [1.165, 1.54) is 6.26 Å². The molecular weight excluding hydrogens is 452 g/mol. The van der Waals surface area contributed by atoms with Crippen molar-refractivity contribution >= 4 is 21.6 Å². The minimum atomic E-state index is -3.24. The molecule has 0 radical (unpaired) electrons. The lowest BCUT2D eigenvalue weighted by atomic mass is 9.93. The van der Waals surface area contributed by atoms with Gasteiger partial charge in [-0.15, -0.1) is 11.8 Å². The van der Waals surface area contributed by atoms with Crippen LogP contribution in [0.15, 0.2) is 82.7 Å². The largest absolute Gasteiger partial charge is 0.381 e. The molecule has 168 valence electrons. The third-order valence-corrected chi connectivity index (χ3v) is 7.60. The van der Waals surface area contributed by atoms with Crippen molar-refractivity contribution in [3.05, 3.63) is 100 Å². The molecule has 0 amide bonds. The van der Waals surface area contributed by atoms with Crippen molar-refractivity contribution in [3.63, 3.8) is 0 Å². The number of hydrogen-bond donors (Lipinski definition) is 1. The van der Waals surface area contributed by atoms with Gasteiger partial charge in [-0.25, -0.2) is 8.42 Å². The van der Waals surface area contributed by atoms with Crippen LogP contribution in [0.25, 0.3) is 11.1 Å². The van der Waals surface area contributed by atoms with Gasteiger partial charge in [0, 0.05) is 22.9 Å². The second-order valence-corrected chi connectivity index (χ2v) is 10.9. The van der Waals surface area contributed by atoms with Crippen molar-refractivity contribution in [3.8, 4) is 17.2 Å². The summed E-state index contributed by atoms with van der Waals surface area (Å²) >= 11 is 1.68. The Hall–Kier alpha value is -3.05. The Balaban J connectivity index is 1.66. The summed E-state index contributed by atoms with van der Waals surface area (Å²) in [6, 6.07) is 22.9. The van der Waals surface area contributed by atoms with Gasteiger partial charge in [-0.3, -0.25) is 0 Å². The highest BCUT2D eigenvalue weighted by Gasteiger charge is 2.23. The Bertz CT molecular complexity index is 1340. The third-order valence-electron chi connectivity index (χ3n) is 5.50. The molecule has 1 aliphatic rings. The first-order valence-corrected chi connectivity index (χ1v) is 13.3. The Morgan fingerprint density at radius 2 is 1.85 bits per heavy atom. The lowest BCUT2D eigenvalue weighted by molar-refractivity contribution is 0.0694. The third kappa shape index (κ3) is 5.31. The van der Waals surface area contributed by atoms with Crippen LogP contribution in [0.5, 0.6) is 0 Å². The Kier molecular flexibility index (Phi) is 6.89. The maximum Gasteiger partial charge on any atom is 0.175 e. The zero-order chi connectivity index (χ0) is 23.4. The predicted molar refractivity (Wildman–Crippen MR) is 132 cm³/mol. The van der Waals surface area contributed by atoms with E-state index in [0.717, 1.165) is 38.6 Å². The minimum Gasteiger partial charge on any atom is -0.381 e. The first kappa shape index (κ1) is 23.1. The predicted octanol–water partition coefficient (Wildman–Crippen LogP) is 5.33. The molecule has 1 unspecified atom stereocenters. The van der Waals surface area contributed by atoms with Gasteiger partial charge >= 0.3 is 0 Å². The molecule has 1 N–H and O–H groups in total. The number of thioether (sulfide) groups is 1. The van der Waals surface area contributed by atoms with E-state index in [4.69, 9.17) is 4.74 Å². The van der Waals surface area contributed by atoms with Crippen LogP contribution in [0, 0.1) is 18.3 Å². The molecule has 1 atom stereocenters. The first-order valence-electron chi connectivity index (χ1n) is 10.4. The second kappa shape index (κ2) is 9.84. The molecule has 0 fully saturated rings. The summed E-state index contributed by atoms with van der Waals surface area (Å²) in [6.07, 6.45) is 2.85. The van der Waals surface area contributed by atoms with Gasteiger partial charge in [0.1, 0.15) is 6.10 Å². The van der Waals surface area contributed by atoms with E-state index >= 15 is 0 Å². The molecule has 3 aromatic carbocycles. The van der Waals surface area contributed by atoms with E-state index in [9.17, 15) is 13.7 Å². The molecule has 3 aromatic rings. The van der Waals surface area contributed by atoms with Crippen LogP contribution in [-0.4, -0.2) is 20.6 Å². The Labute approximate surface area is 199 Å². The maximum absolute atomic E-state index is 11.7. The van der Waals surface area contributed by atoms with Crippen LogP contribution >= 0.6 is 11.8 Å². The fraction of sp³-hybridized carbons (Fsp3) is 0.192. The van der Waals surface area contributed by atoms with E-state index in [0.29, 0.717) is 12.2 Å². The molecule has 33 heavy (non-hydrogen) atoms. The van der Waals surface area contributed by atoms with Gasteiger partial charge in [-0.05, 0) is 53.4 Å². The molecule has 5 nitrogen and oxygen atoms in total. The SMILES string of the molecule is Cc1ccccc1-c1cc(C(OCc2ccc(S(C)(=O)=O)cc2)C2=CNCS2)ccc1C#N. The van der Waals surface area contributed by atoms with E-state index < -0.39 is 9.84 Å². The Morgan fingerprint density at radius 1 is 1.09 bits per heavy atom. The van der Waals surface area contributed by atoms with Gasteiger partial charge in [-0.1, -0.05) is 42.5 Å². The van der Waals surface area contributed by atoms with E-state index in [1.54, 1.807) is 36.0 Å². The summed E-state index contributed by atoms with van der Waals surface area (Å²) in [5, 5.41) is 12.9. The van der Waals surface area contributed by atoms with Gasteiger partial charge in [0.15, 0.2) is 9.84 Å². The number of sulfone groups is 1. The molecule has 0 saturated carbocycles. The highest BCUT2D eigenvalue weighted by Crippen LogP contribution is 2.38. The lowest BCUT2D eigenvalue weighted by Gasteiger charge is -2.21. The molecule has 0 saturated heterocycles. The monoisotopic (exact) mass is 476 g/mol. The number of nitrogens with zero attached hydrogens (tertiary/aromatic N) is 1. The summed E-state index contributed by atoms with van der Waals surface area (Å²) < 4.78 is 29.8. The molecule has 0 bridgehead atoms. The summed E-state index contributed by atoms with van der Waals surface area (Å²) in [5.74, 6) is 0.777. The summed E-state index contributed by atoms with van der Waals surface area (Å²) in [6.45, 7) is 2.36.